The van der Waals surface area contributed by atoms with Crippen LogP contribution in [0.2, 0.25) is 0 Å². The molecule has 0 atom stereocenters. The summed E-state index contributed by atoms with van der Waals surface area (Å²) in [5, 5.41) is 0. The van der Waals surface area contributed by atoms with E-state index in [9.17, 15) is 4.39 Å². The summed E-state index contributed by atoms with van der Waals surface area (Å²) in [6.45, 7) is 0.240. The van der Waals surface area contributed by atoms with Crippen LogP contribution in [0.3, 0.4) is 0 Å². The van der Waals surface area contributed by atoms with Gasteiger partial charge in [0, 0.05) is 23.1 Å². The lowest BCUT2D eigenvalue weighted by atomic mass is 10.4. The van der Waals surface area contributed by atoms with Crippen molar-refractivity contribution in [3.8, 4) is 5.82 Å². The topological polar surface area (TPSA) is 56.7 Å². The first-order chi connectivity index (χ1) is 7.22. The van der Waals surface area contributed by atoms with Crippen molar-refractivity contribution in [1.29, 1.82) is 0 Å². The standard InChI is InChI=1S/C9H8BrFN4/c10-6-3-7(11)9(14-5-6)15-2-1-13-8(15)4-12/h1-3,5H,4,12H2. The molecule has 2 aromatic heterocycles. The predicted octanol–water partition coefficient (Wildman–Crippen LogP) is 1.63. The van der Waals surface area contributed by atoms with E-state index >= 15 is 0 Å². The lowest BCUT2D eigenvalue weighted by molar-refractivity contribution is 0.604. The Kier molecular flexibility index (Phi) is 2.79. The van der Waals surface area contributed by atoms with Gasteiger partial charge < -0.3 is 5.73 Å². The third-order valence-corrected chi connectivity index (χ3v) is 2.35. The minimum absolute atomic E-state index is 0.205. The number of aromatic nitrogens is 3. The van der Waals surface area contributed by atoms with Crippen LogP contribution in [0.5, 0.6) is 0 Å². The van der Waals surface area contributed by atoms with Crippen molar-refractivity contribution < 1.29 is 4.39 Å². The van der Waals surface area contributed by atoms with Crippen molar-refractivity contribution in [3.05, 3.63) is 40.8 Å². The van der Waals surface area contributed by atoms with Crippen molar-refractivity contribution in [2.24, 2.45) is 5.73 Å². The molecule has 0 aliphatic rings. The van der Waals surface area contributed by atoms with Crippen LogP contribution in [0, 0.1) is 5.82 Å². The Morgan fingerprint density at radius 1 is 1.47 bits per heavy atom. The highest BCUT2D eigenvalue weighted by Crippen LogP contribution is 2.16. The van der Waals surface area contributed by atoms with E-state index in [4.69, 9.17) is 5.73 Å². The molecule has 0 saturated carbocycles. The highest BCUT2D eigenvalue weighted by atomic mass is 79.9. The van der Waals surface area contributed by atoms with Gasteiger partial charge in [-0.05, 0) is 22.0 Å². The predicted molar refractivity (Wildman–Crippen MR) is 56.9 cm³/mol. The van der Waals surface area contributed by atoms with Crippen LogP contribution in [0.25, 0.3) is 5.82 Å². The monoisotopic (exact) mass is 270 g/mol. The summed E-state index contributed by atoms with van der Waals surface area (Å²) >= 11 is 3.14. The molecule has 2 aromatic rings. The average Bonchev–Trinajstić information content (AvgIpc) is 2.65. The molecule has 2 heterocycles. The van der Waals surface area contributed by atoms with Crippen LogP contribution in [-0.2, 0) is 6.54 Å². The zero-order valence-corrected chi connectivity index (χ0v) is 9.28. The second kappa shape index (κ2) is 4.08. The van der Waals surface area contributed by atoms with E-state index in [0.29, 0.717) is 10.3 Å². The van der Waals surface area contributed by atoms with E-state index in [1.54, 1.807) is 12.4 Å². The molecule has 0 aliphatic carbocycles. The molecule has 2 rings (SSSR count). The molecule has 15 heavy (non-hydrogen) atoms. The number of nitrogens with two attached hydrogens (primary N) is 1. The van der Waals surface area contributed by atoms with E-state index in [1.165, 1.54) is 16.8 Å². The van der Waals surface area contributed by atoms with Gasteiger partial charge in [0.2, 0.25) is 0 Å². The maximum atomic E-state index is 13.5. The molecule has 0 saturated heterocycles. The zero-order chi connectivity index (χ0) is 10.8. The first kappa shape index (κ1) is 10.3. The van der Waals surface area contributed by atoms with Crippen molar-refractivity contribution >= 4 is 15.9 Å². The summed E-state index contributed by atoms with van der Waals surface area (Å²) in [6.07, 6.45) is 4.71. The van der Waals surface area contributed by atoms with Gasteiger partial charge in [-0.1, -0.05) is 0 Å². The second-order valence-corrected chi connectivity index (χ2v) is 3.79. The summed E-state index contributed by atoms with van der Waals surface area (Å²) in [7, 11) is 0. The van der Waals surface area contributed by atoms with Crippen LogP contribution in [0.1, 0.15) is 5.82 Å². The number of rotatable bonds is 2. The van der Waals surface area contributed by atoms with Crippen LogP contribution < -0.4 is 5.73 Å². The van der Waals surface area contributed by atoms with E-state index in [2.05, 4.69) is 25.9 Å². The summed E-state index contributed by atoms with van der Waals surface area (Å²) in [5.41, 5.74) is 5.47. The number of hydrogen-bond acceptors (Lipinski definition) is 3. The van der Waals surface area contributed by atoms with Crippen molar-refractivity contribution in [2.75, 3.05) is 0 Å². The molecule has 6 heteroatoms. The number of pyridine rings is 1. The van der Waals surface area contributed by atoms with Crippen LogP contribution in [0.15, 0.2) is 29.1 Å². The molecule has 0 aromatic carbocycles. The first-order valence-electron chi connectivity index (χ1n) is 4.26. The fraction of sp³-hybridized carbons (Fsp3) is 0.111. The van der Waals surface area contributed by atoms with Gasteiger partial charge >= 0.3 is 0 Å². The Morgan fingerprint density at radius 3 is 2.93 bits per heavy atom. The number of halogens is 2. The minimum Gasteiger partial charge on any atom is -0.324 e. The molecule has 0 bridgehead atoms. The van der Waals surface area contributed by atoms with E-state index in [0.717, 1.165) is 0 Å². The maximum absolute atomic E-state index is 13.5. The summed E-state index contributed by atoms with van der Waals surface area (Å²) < 4.78 is 15.7. The molecule has 2 N–H and O–H groups in total. The highest BCUT2D eigenvalue weighted by Gasteiger charge is 2.09. The summed E-state index contributed by atoms with van der Waals surface area (Å²) in [6, 6.07) is 1.35. The largest absolute Gasteiger partial charge is 0.324 e. The van der Waals surface area contributed by atoms with Crippen molar-refractivity contribution in [2.45, 2.75) is 6.54 Å². The summed E-state index contributed by atoms with van der Waals surface area (Å²) in [4.78, 5) is 7.97. The molecule has 78 valence electrons. The normalized spacial score (nSPS) is 10.6. The second-order valence-electron chi connectivity index (χ2n) is 2.88. The van der Waals surface area contributed by atoms with Gasteiger partial charge in [0.1, 0.15) is 5.82 Å². The lowest BCUT2D eigenvalue weighted by Gasteiger charge is -2.06. The minimum atomic E-state index is -0.419. The Hall–Kier alpha value is -1.27. The van der Waals surface area contributed by atoms with Crippen LogP contribution in [0.4, 0.5) is 4.39 Å². The molecular weight excluding hydrogens is 263 g/mol. The molecular formula is C9H8BrFN4. The Bertz CT molecular complexity index is 483. The van der Waals surface area contributed by atoms with Crippen LogP contribution in [-0.4, -0.2) is 14.5 Å². The van der Waals surface area contributed by atoms with Gasteiger partial charge in [0.25, 0.3) is 0 Å². The SMILES string of the molecule is NCc1nccn1-c1ncc(Br)cc1F. The molecule has 0 amide bonds. The third kappa shape index (κ3) is 1.91. The Labute approximate surface area is 94.1 Å². The number of nitrogens with zero attached hydrogens (tertiary/aromatic N) is 3. The lowest BCUT2D eigenvalue weighted by Crippen LogP contribution is -2.09. The Balaban J connectivity index is 2.54. The molecule has 0 fully saturated rings. The van der Waals surface area contributed by atoms with Crippen molar-refractivity contribution in [1.82, 2.24) is 14.5 Å². The highest BCUT2D eigenvalue weighted by molar-refractivity contribution is 9.10. The van der Waals surface area contributed by atoms with Gasteiger partial charge in [0.15, 0.2) is 11.6 Å². The van der Waals surface area contributed by atoms with Gasteiger partial charge in [-0.2, -0.15) is 0 Å². The fourth-order valence-corrected chi connectivity index (χ4v) is 1.57. The molecule has 0 spiro atoms. The number of imidazole rings is 1. The first-order valence-corrected chi connectivity index (χ1v) is 5.05. The number of hydrogen-bond donors (Lipinski definition) is 1. The third-order valence-electron chi connectivity index (χ3n) is 1.92. The maximum Gasteiger partial charge on any atom is 0.174 e. The average molecular weight is 271 g/mol. The van der Waals surface area contributed by atoms with Gasteiger partial charge in [0.05, 0.1) is 6.54 Å². The quantitative estimate of drug-likeness (QED) is 0.903. The van der Waals surface area contributed by atoms with E-state index in [-0.39, 0.29) is 12.4 Å². The van der Waals surface area contributed by atoms with Gasteiger partial charge in [-0.15, -0.1) is 0 Å². The van der Waals surface area contributed by atoms with Gasteiger partial charge in [-0.25, -0.2) is 14.4 Å². The summed E-state index contributed by atoms with van der Waals surface area (Å²) in [5.74, 6) is 0.358. The van der Waals surface area contributed by atoms with E-state index < -0.39 is 5.82 Å². The molecule has 4 nitrogen and oxygen atoms in total. The molecule has 0 unspecified atom stereocenters. The smallest absolute Gasteiger partial charge is 0.174 e. The molecule has 0 aliphatic heterocycles. The van der Waals surface area contributed by atoms with E-state index in [1.807, 2.05) is 0 Å². The van der Waals surface area contributed by atoms with Gasteiger partial charge in [-0.3, -0.25) is 4.57 Å². The Morgan fingerprint density at radius 2 is 2.27 bits per heavy atom. The van der Waals surface area contributed by atoms with Crippen molar-refractivity contribution in [3.63, 3.8) is 0 Å². The zero-order valence-electron chi connectivity index (χ0n) is 7.69. The fourth-order valence-electron chi connectivity index (χ4n) is 1.26. The molecule has 0 radical (unpaired) electrons. The van der Waals surface area contributed by atoms with Crippen LogP contribution >= 0.6 is 15.9 Å².